The molecule has 0 aliphatic rings. The van der Waals surface area contributed by atoms with Gasteiger partial charge in [0.2, 0.25) is 0 Å². The Morgan fingerprint density at radius 3 is 2.25 bits per heavy atom. The minimum absolute atomic E-state index is 0.326. The van der Waals surface area contributed by atoms with Crippen LogP contribution >= 0.6 is 0 Å². The van der Waals surface area contributed by atoms with E-state index in [1.807, 2.05) is 44.2 Å². The van der Waals surface area contributed by atoms with Crippen LogP contribution in [0.25, 0.3) is 10.9 Å². The van der Waals surface area contributed by atoms with E-state index in [4.69, 9.17) is 14.2 Å². The van der Waals surface area contributed by atoms with E-state index in [0.717, 1.165) is 22.3 Å². The third kappa shape index (κ3) is 4.34. The number of hydrogen-bond acceptors (Lipinski definition) is 6. The molecule has 0 fully saturated rings. The van der Waals surface area contributed by atoms with Crippen molar-refractivity contribution in [1.29, 1.82) is 0 Å². The predicted octanol–water partition coefficient (Wildman–Crippen LogP) is 4.95. The van der Waals surface area contributed by atoms with Crippen LogP contribution in [0, 0.1) is 0 Å². The normalized spacial score (nSPS) is 10.5. The lowest BCUT2D eigenvalue weighted by molar-refractivity contribution is 0.0526. The van der Waals surface area contributed by atoms with Crippen molar-refractivity contribution >= 4 is 28.2 Å². The number of pyridine rings is 1. The Bertz CT molecular complexity index is 955. The summed E-state index contributed by atoms with van der Waals surface area (Å²) in [5, 5.41) is 4.30. The van der Waals surface area contributed by atoms with Crippen LogP contribution in [-0.2, 0) is 4.74 Å². The fraction of sp³-hybridized carbons (Fsp3) is 0.273. The molecule has 0 saturated heterocycles. The van der Waals surface area contributed by atoms with Gasteiger partial charge in [-0.05, 0) is 57.2 Å². The highest BCUT2D eigenvalue weighted by molar-refractivity contribution is 5.95. The molecule has 1 N–H and O–H groups in total. The lowest BCUT2D eigenvalue weighted by atomic mass is 10.1. The Kier molecular flexibility index (Phi) is 6.32. The number of esters is 1. The summed E-state index contributed by atoms with van der Waals surface area (Å²) in [6.45, 7) is 7.11. The summed E-state index contributed by atoms with van der Waals surface area (Å²) in [4.78, 5) is 16.2. The number of rotatable bonds is 8. The Hall–Kier alpha value is -3.28. The summed E-state index contributed by atoms with van der Waals surface area (Å²) in [5.74, 6) is 1.04. The fourth-order valence-electron chi connectivity index (χ4n) is 2.86. The van der Waals surface area contributed by atoms with Crippen LogP contribution in [0.3, 0.4) is 0 Å². The molecular formula is C22H24N2O4. The maximum atomic E-state index is 11.8. The van der Waals surface area contributed by atoms with Crippen molar-refractivity contribution in [2.24, 2.45) is 0 Å². The van der Waals surface area contributed by atoms with E-state index in [1.54, 1.807) is 25.3 Å². The molecule has 0 radical (unpaired) electrons. The van der Waals surface area contributed by atoms with Gasteiger partial charge in [-0.15, -0.1) is 0 Å². The molecule has 0 aliphatic heterocycles. The highest BCUT2D eigenvalue weighted by Crippen LogP contribution is 2.35. The molecule has 6 heteroatoms. The van der Waals surface area contributed by atoms with Gasteiger partial charge in [-0.1, -0.05) is 0 Å². The summed E-state index contributed by atoms with van der Waals surface area (Å²) >= 11 is 0. The molecule has 3 rings (SSSR count). The topological polar surface area (TPSA) is 69.7 Å². The molecule has 146 valence electrons. The zero-order valence-corrected chi connectivity index (χ0v) is 16.3. The second kappa shape index (κ2) is 9.08. The number of carbonyl (C=O) groups is 1. The molecule has 0 spiro atoms. The molecule has 0 unspecified atom stereocenters. The zero-order valence-electron chi connectivity index (χ0n) is 16.3. The second-order valence-corrected chi connectivity index (χ2v) is 5.96. The van der Waals surface area contributed by atoms with E-state index < -0.39 is 0 Å². The van der Waals surface area contributed by atoms with Gasteiger partial charge in [-0.3, -0.25) is 4.98 Å². The molecule has 0 atom stereocenters. The smallest absolute Gasteiger partial charge is 0.338 e. The molecule has 0 saturated carbocycles. The third-order valence-electron chi connectivity index (χ3n) is 4.08. The van der Waals surface area contributed by atoms with E-state index >= 15 is 0 Å². The predicted molar refractivity (Wildman–Crippen MR) is 110 cm³/mol. The first-order valence-corrected chi connectivity index (χ1v) is 9.38. The number of nitrogens with one attached hydrogen (secondary N) is 1. The minimum atomic E-state index is -0.326. The van der Waals surface area contributed by atoms with Gasteiger partial charge in [0, 0.05) is 29.0 Å². The zero-order chi connectivity index (χ0) is 19.9. The number of carbonyl (C=O) groups excluding carboxylic acids is 1. The van der Waals surface area contributed by atoms with Gasteiger partial charge in [0.15, 0.2) is 11.5 Å². The highest BCUT2D eigenvalue weighted by Gasteiger charge is 2.12. The number of ether oxygens (including phenoxy) is 3. The largest absolute Gasteiger partial charge is 0.490 e. The molecular weight excluding hydrogens is 356 g/mol. The maximum Gasteiger partial charge on any atom is 0.338 e. The fourth-order valence-corrected chi connectivity index (χ4v) is 2.86. The number of fused-ring (bicyclic) bond motifs is 1. The number of hydrogen-bond donors (Lipinski definition) is 1. The Balaban J connectivity index is 1.92. The third-order valence-corrected chi connectivity index (χ3v) is 4.08. The molecule has 6 nitrogen and oxygen atoms in total. The van der Waals surface area contributed by atoms with Crippen LogP contribution in [0.2, 0.25) is 0 Å². The number of nitrogens with zero attached hydrogens (tertiary/aromatic N) is 1. The summed E-state index contributed by atoms with van der Waals surface area (Å²) < 4.78 is 16.4. The maximum absolute atomic E-state index is 11.8. The lowest BCUT2D eigenvalue weighted by Gasteiger charge is -2.14. The summed E-state index contributed by atoms with van der Waals surface area (Å²) in [7, 11) is 0. The van der Waals surface area contributed by atoms with Crippen LogP contribution < -0.4 is 14.8 Å². The molecule has 0 bridgehead atoms. The van der Waals surface area contributed by atoms with Crippen LogP contribution in [-0.4, -0.2) is 30.8 Å². The van der Waals surface area contributed by atoms with Crippen molar-refractivity contribution in [2.75, 3.05) is 25.1 Å². The van der Waals surface area contributed by atoms with Crippen molar-refractivity contribution in [3.8, 4) is 11.5 Å². The second-order valence-electron chi connectivity index (χ2n) is 5.96. The van der Waals surface area contributed by atoms with Crippen LogP contribution in [0.1, 0.15) is 31.1 Å². The van der Waals surface area contributed by atoms with E-state index in [2.05, 4.69) is 10.3 Å². The summed E-state index contributed by atoms with van der Waals surface area (Å²) in [6, 6.07) is 12.9. The number of benzene rings is 2. The first-order valence-electron chi connectivity index (χ1n) is 9.38. The molecule has 0 aliphatic carbocycles. The van der Waals surface area contributed by atoms with Crippen molar-refractivity contribution in [2.45, 2.75) is 20.8 Å². The van der Waals surface area contributed by atoms with Gasteiger partial charge in [-0.2, -0.15) is 0 Å². The molecule has 1 aromatic heterocycles. The Morgan fingerprint density at radius 2 is 1.61 bits per heavy atom. The van der Waals surface area contributed by atoms with Gasteiger partial charge in [0.05, 0.1) is 30.9 Å². The van der Waals surface area contributed by atoms with E-state index in [0.29, 0.717) is 36.9 Å². The molecule has 28 heavy (non-hydrogen) atoms. The van der Waals surface area contributed by atoms with Crippen molar-refractivity contribution in [3.63, 3.8) is 0 Å². The van der Waals surface area contributed by atoms with Gasteiger partial charge >= 0.3 is 5.97 Å². The summed E-state index contributed by atoms with van der Waals surface area (Å²) in [6.07, 6.45) is 1.74. The van der Waals surface area contributed by atoms with Crippen molar-refractivity contribution in [1.82, 2.24) is 4.98 Å². The van der Waals surface area contributed by atoms with E-state index in [1.165, 1.54) is 0 Å². The monoisotopic (exact) mass is 380 g/mol. The average molecular weight is 380 g/mol. The number of anilines is 2. The van der Waals surface area contributed by atoms with Gasteiger partial charge < -0.3 is 19.5 Å². The van der Waals surface area contributed by atoms with Crippen molar-refractivity contribution in [3.05, 3.63) is 54.2 Å². The standard InChI is InChI=1S/C22H24N2O4/c1-4-26-20-13-17-18(11-12-23-19(17)14-21(20)27-5-2)24-16-9-7-15(8-10-16)22(25)28-6-3/h7-14H,4-6H2,1-3H3,(H,23,24). The minimum Gasteiger partial charge on any atom is -0.490 e. The van der Waals surface area contributed by atoms with Gasteiger partial charge in [-0.25, -0.2) is 4.79 Å². The van der Waals surface area contributed by atoms with Crippen LogP contribution in [0.15, 0.2) is 48.7 Å². The Labute approximate surface area is 164 Å². The lowest BCUT2D eigenvalue weighted by Crippen LogP contribution is -2.04. The quantitative estimate of drug-likeness (QED) is 0.558. The van der Waals surface area contributed by atoms with E-state index in [9.17, 15) is 4.79 Å². The van der Waals surface area contributed by atoms with Crippen LogP contribution in [0.5, 0.6) is 11.5 Å². The molecule has 0 amide bonds. The number of aromatic nitrogens is 1. The van der Waals surface area contributed by atoms with Crippen molar-refractivity contribution < 1.29 is 19.0 Å². The molecule has 3 aromatic rings. The van der Waals surface area contributed by atoms with Gasteiger partial charge in [0.1, 0.15) is 0 Å². The van der Waals surface area contributed by atoms with Gasteiger partial charge in [0.25, 0.3) is 0 Å². The Morgan fingerprint density at radius 1 is 0.929 bits per heavy atom. The van der Waals surface area contributed by atoms with Crippen LogP contribution in [0.4, 0.5) is 11.4 Å². The average Bonchev–Trinajstić information content (AvgIpc) is 2.70. The first-order chi connectivity index (χ1) is 13.7. The molecule has 1 heterocycles. The van der Waals surface area contributed by atoms with E-state index in [-0.39, 0.29) is 5.97 Å². The highest BCUT2D eigenvalue weighted by atomic mass is 16.5. The first kappa shape index (κ1) is 19.5. The summed E-state index contributed by atoms with van der Waals surface area (Å²) in [5.41, 5.74) is 3.07. The SMILES string of the molecule is CCOC(=O)c1ccc(Nc2ccnc3cc(OCC)c(OCC)cc23)cc1. The molecule has 2 aromatic carbocycles.